The maximum absolute atomic E-state index is 14.5. The van der Waals surface area contributed by atoms with E-state index < -0.39 is 5.82 Å². The van der Waals surface area contributed by atoms with E-state index >= 15 is 0 Å². The summed E-state index contributed by atoms with van der Waals surface area (Å²) < 4.78 is 19.9. The summed E-state index contributed by atoms with van der Waals surface area (Å²) in [5.41, 5.74) is 5.20. The molecule has 140 valence electrons. The molecule has 0 aliphatic heterocycles. The lowest BCUT2D eigenvalue weighted by Crippen LogP contribution is -1.98. The molecule has 0 heterocycles. The van der Waals surface area contributed by atoms with Crippen LogP contribution in [-0.4, -0.2) is 6.61 Å². The van der Waals surface area contributed by atoms with Crippen LogP contribution in [0, 0.1) is 5.82 Å². The van der Waals surface area contributed by atoms with Crippen molar-refractivity contribution >= 4 is 11.6 Å². The van der Waals surface area contributed by atoms with E-state index in [4.69, 9.17) is 16.3 Å². The highest BCUT2D eigenvalue weighted by atomic mass is 35.5. The van der Waals surface area contributed by atoms with Gasteiger partial charge in [0.25, 0.3) is 0 Å². The molecule has 3 heteroatoms. The van der Waals surface area contributed by atoms with Crippen molar-refractivity contribution in [3.05, 3.63) is 77.1 Å². The average molecular weight is 383 g/mol. The van der Waals surface area contributed by atoms with Crippen LogP contribution in [0.5, 0.6) is 5.75 Å². The molecule has 3 aromatic rings. The van der Waals surface area contributed by atoms with Gasteiger partial charge in [0.05, 0.1) is 11.6 Å². The van der Waals surface area contributed by atoms with Gasteiger partial charge in [-0.05, 0) is 47.2 Å². The van der Waals surface area contributed by atoms with Crippen molar-refractivity contribution in [2.24, 2.45) is 0 Å². The zero-order valence-electron chi connectivity index (χ0n) is 15.8. The van der Waals surface area contributed by atoms with E-state index in [-0.39, 0.29) is 10.8 Å². The van der Waals surface area contributed by atoms with E-state index in [2.05, 4.69) is 31.2 Å². The molecule has 0 spiro atoms. The lowest BCUT2D eigenvalue weighted by Gasteiger charge is -2.11. The molecule has 0 unspecified atom stereocenters. The highest BCUT2D eigenvalue weighted by Crippen LogP contribution is 2.35. The van der Waals surface area contributed by atoms with Gasteiger partial charge in [-0.25, -0.2) is 4.39 Å². The number of rotatable bonds is 7. The van der Waals surface area contributed by atoms with Crippen molar-refractivity contribution < 1.29 is 9.13 Å². The fourth-order valence-corrected chi connectivity index (χ4v) is 3.34. The van der Waals surface area contributed by atoms with Crippen LogP contribution in [0.3, 0.4) is 0 Å². The third-order valence-corrected chi connectivity index (χ3v) is 4.90. The van der Waals surface area contributed by atoms with Crippen LogP contribution in [0.25, 0.3) is 22.3 Å². The molecule has 3 rings (SSSR count). The molecular weight excluding hydrogens is 359 g/mol. The summed E-state index contributed by atoms with van der Waals surface area (Å²) in [5.74, 6) is -0.299. The Morgan fingerprint density at radius 2 is 1.37 bits per heavy atom. The molecule has 0 radical (unpaired) electrons. The van der Waals surface area contributed by atoms with Crippen molar-refractivity contribution in [2.45, 2.75) is 33.1 Å². The first-order valence-corrected chi connectivity index (χ1v) is 9.82. The van der Waals surface area contributed by atoms with Crippen molar-refractivity contribution in [1.82, 2.24) is 0 Å². The molecule has 0 saturated heterocycles. The van der Waals surface area contributed by atoms with Crippen molar-refractivity contribution in [2.75, 3.05) is 6.61 Å². The van der Waals surface area contributed by atoms with Gasteiger partial charge in [-0.3, -0.25) is 0 Å². The largest absolute Gasteiger partial charge is 0.490 e. The maximum Gasteiger partial charge on any atom is 0.184 e. The predicted molar refractivity (Wildman–Crippen MR) is 112 cm³/mol. The topological polar surface area (TPSA) is 9.23 Å². The van der Waals surface area contributed by atoms with Crippen molar-refractivity contribution in [3.63, 3.8) is 0 Å². The minimum absolute atomic E-state index is 0.0975. The van der Waals surface area contributed by atoms with Crippen molar-refractivity contribution in [3.8, 4) is 28.0 Å². The zero-order valence-corrected chi connectivity index (χ0v) is 16.5. The second kappa shape index (κ2) is 9.05. The second-order valence-corrected chi connectivity index (χ2v) is 6.99. The Bertz CT molecular complexity index is 886. The van der Waals surface area contributed by atoms with Gasteiger partial charge in [-0.15, -0.1) is 0 Å². The Hall–Kier alpha value is -2.32. The van der Waals surface area contributed by atoms with E-state index in [0.29, 0.717) is 12.2 Å². The monoisotopic (exact) mass is 382 g/mol. The third kappa shape index (κ3) is 4.51. The number of hydrogen-bond donors (Lipinski definition) is 0. The number of benzene rings is 3. The molecule has 0 fully saturated rings. The summed E-state index contributed by atoms with van der Waals surface area (Å²) in [7, 11) is 0. The van der Waals surface area contributed by atoms with Gasteiger partial charge in [-0.2, -0.15) is 0 Å². The lowest BCUT2D eigenvalue weighted by molar-refractivity contribution is 0.301. The van der Waals surface area contributed by atoms with Gasteiger partial charge in [-0.1, -0.05) is 80.4 Å². The molecule has 0 bridgehead atoms. The summed E-state index contributed by atoms with van der Waals surface area (Å²) in [4.78, 5) is 0. The van der Waals surface area contributed by atoms with E-state index in [1.54, 1.807) is 6.07 Å². The number of halogens is 2. The van der Waals surface area contributed by atoms with E-state index in [1.165, 1.54) is 11.1 Å². The normalized spacial score (nSPS) is 10.8. The molecular formula is C24H24ClFO. The Morgan fingerprint density at radius 3 is 1.96 bits per heavy atom. The van der Waals surface area contributed by atoms with Crippen LogP contribution >= 0.6 is 11.6 Å². The molecule has 0 aliphatic carbocycles. The van der Waals surface area contributed by atoms with Crippen LogP contribution in [0.4, 0.5) is 4.39 Å². The first-order valence-electron chi connectivity index (χ1n) is 9.44. The highest BCUT2D eigenvalue weighted by Gasteiger charge is 2.14. The van der Waals surface area contributed by atoms with Gasteiger partial charge in [0.15, 0.2) is 11.6 Å². The molecule has 0 amide bonds. The molecule has 0 aromatic heterocycles. The van der Waals surface area contributed by atoms with Gasteiger partial charge in [0.1, 0.15) is 0 Å². The summed E-state index contributed by atoms with van der Waals surface area (Å²) in [6.07, 6.45) is 3.06. The second-order valence-electron chi connectivity index (χ2n) is 6.61. The third-order valence-electron chi connectivity index (χ3n) is 4.53. The fourth-order valence-electron chi connectivity index (χ4n) is 3.07. The molecule has 1 nitrogen and oxygen atoms in total. The Kier molecular flexibility index (Phi) is 6.52. The summed E-state index contributed by atoms with van der Waals surface area (Å²) in [6.45, 7) is 4.63. The smallest absolute Gasteiger partial charge is 0.184 e. The minimum Gasteiger partial charge on any atom is -0.490 e. The fraction of sp³-hybridized carbons (Fsp3) is 0.250. The van der Waals surface area contributed by atoms with E-state index in [1.807, 2.05) is 37.3 Å². The number of aryl methyl sites for hydroxylation is 1. The Morgan fingerprint density at radius 1 is 0.778 bits per heavy atom. The minimum atomic E-state index is -0.502. The van der Waals surface area contributed by atoms with Crippen LogP contribution in [0.15, 0.2) is 60.7 Å². The standard InChI is InChI=1S/C24H24ClFO/c1-3-5-17-6-8-18(9-7-17)19-10-12-20(13-11-19)21-14-15-22(27-16-4-2)24(26)23(21)25/h6-15H,3-5,16H2,1-2H3. The highest BCUT2D eigenvalue weighted by molar-refractivity contribution is 6.33. The van der Waals surface area contributed by atoms with Gasteiger partial charge in [0.2, 0.25) is 0 Å². The summed E-state index contributed by atoms with van der Waals surface area (Å²) >= 11 is 6.26. The summed E-state index contributed by atoms with van der Waals surface area (Å²) in [6, 6.07) is 20.1. The lowest BCUT2D eigenvalue weighted by atomic mass is 9.99. The Labute approximate surface area is 165 Å². The predicted octanol–water partition coefficient (Wildman–Crippen LogP) is 7.55. The van der Waals surface area contributed by atoms with Crippen LogP contribution in [0.1, 0.15) is 32.3 Å². The SMILES string of the molecule is CCCOc1ccc(-c2ccc(-c3ccc(CCC)cc3)cc2)c(Cl)c1F. The Balaban J connectivity index is 1.84. The average Bonchev–Trinajstić information content (AvgIpc) is 2.70. The summed E-state index contributed by atoms with van der Waals surface area (Å²) in [5, 5.41) is 0.0975. The van der Waals surface area contributed by atoms with E-state index in [0.717, 1.165) is 30.4 Å². The zero-order chi connectivity index (χ0) is 19.2. The van der Waals surface area contributed by atoms with Gasteiger partial charge in [0, 0.05) is 5.56 Å². The van der Waals surface area contributed by atoms with E-state index in [9.17, 15) is 4.39 Å². The quantitative estimate of drug-likeness (QED) is 0.409. The van der Waals surface area contributed by atoms with Crippen molar-refractivity contribution in [1.29, 1.82) is 0 Å². The number of hydrogen-bond acceptors (Lipinski definition) is 1. The van der Waals surface area contributed by atoms with Crippen LogP contribution < -0.4 is 4.74 Å². The number of ether oxygens (including phenoxy) is 1. The first-order chi connectivity index (χ1) is 13.1. The molecule has 0 aliphatic rings. The molecule has 0 saturated carbocycles. The molecule has 3 aromatic carbocycles. The van der Waals surface area contributed by atoms with Crippen LogP contribution in [-0.2, 0) is 6.42 Å². The van der Waals surface area contributed by atoms with Crippen LogP contribution in [0.2, 0.25) is 5.02 Å². The first kappa shape index (κ1) is 19.4. The molecule has 0 N–H and O–H groups in total. The molecule has 0 atom stereocenters. The molecule has 27 heavy (non-hydrogen) atoms. The van der Waals surface area contributed by atoms with Gasteiger partial charge >= 0.3 is 0 Å². The van der Waals surface area contributed by atoms with Gasteiger partial charge < -0.3 is 4.74 Å². The maximum atomic E-state index is 14.5.